The van der Waals surface area contributed by atoms with Crippen LogP contribution < -0.4 is 5.32 Å². The number of H-pyrrole nitrogens is 1. The number of carbonyl (C=O) groups excluding carboxylic acids is 1. The van der Waals surface area contributed by atoms with Gasteiger partial charge >= 0.3 is 0 Å². The third kappa shape index (κ3) is 3.63. The number of imidazole rings is 1. The van der Waals surface area contributed by atoms with Crippen molar-refractivity contribution in [3.63, 3.8) is 0 Å². The van der Waals surface area contributed by atoms with Crippen LogP contribution in [0.1, 0.15) is 15.9 Å². The van der Waals surface area contributed by atoms with Crippen LogP contribution in [0, 0.1) is 0 Å². The van der Waals surface area contributed by atoms with Gasteiger partial charge in [0.1, 0.15) is 0 Å². The summed E-state index contributed by atoms with van der Waals surface area (Å²) in [6.45, 7) is 0. The number of hydrogen-bond donors (Lipinski definition) is 2. The number of rotatable bonds is 5. The van der Waals surface area contributed by atoms with Gasteiger partial charge in [0.25, 0.3) is 5.91 Å². The number of nitrogens with zero attached hydrogens (tertiary/aromatic N) is 1. The number of aromatic nitrogens is 2. The van der Waals surface area contributed by atoms with Crippen LogP contribution in [0.5, 0.6) is 0 Å². The second-order valence-electron chi connectivity index (χ2n) is 5.83. The highest BCUT2D eigenvalue weighted by molar-refractivity contribution is 7.98. The van der Waals surface area contributed by atoms with Crippen LogP contribution in [0.3, 0.4) is 0 Å². The lowest BCUT2D eigenvalue weighted by Gasteiger charge is -2.09. The molecule has 26 heavy (non-hydrogen) atoms. The van der Waals surface area contributed by atoms with Crippen LogP contribution in [0.4, 0.5) is 5.69 Å². The van der Waals surface area contributed by atoms with Gasteiger partial charge in [0, 0.05) is 17.0 Å². The van der Waals surface area contributed by atoms with Crippen molar-refractivity contribution in [2.45, 2.75) is 10.9 Å². The fourth-order valence-electron chi connectivity index (χ4n) is 2.73. The number of benzene rings is 3. The predicted molar refractivity (Wildman–Crippen MR) is 106 cm³/mol. The molecule has 4 aromatic rings. The van der Waals surface area contributed by atoms with Crippen LogP contribution in [-0.2, 0) is 5.75 Å². The first-order chi connectivity index (χ1) is 12.8. The van der Waals surface area contributed by atoms with Crippen LogP contribution >= 0.6 is 11.8 Å². The third-order valence-electron chi connectivity index (χ3n) is 4.03. The Balaban J connectivity index is 1.51. The minimum Gasteiger partial charge on any atom is -0.333 e. The van der Waals surface area contributed by atoms with Crippen LogP contribution in [0.2, 0.25) is 0 Å². The second-order valence-corrected chi connectivity index (χ2v) is 6.79. The number of hydrogen-bond acceptors (Lipinski definition) is 3. The summed E-state index contributed by atoms with van der Waals surface area (Å²) in [7, 11) is 0. The van der Waals surface area contributed by atoms with Crippen LogP contribution in [-0.4, -0.2) is 15.9 Å². The largest absolute Gasteiger partial charge is 0.333 e. The number of anilines is 1. The van der Waals surface area contributed by atoms with Crippen molar-refractivity contribution < 1.29 is 4.79 Å². The van der Waals surface area contributed by atoms with E-state index >= 15 is 0 Å². The molecular weight excluding hydrogens is 342 g/mol. The zero-order valence-electron chi connectivity index (χ0n) is 14.0. The Morgan fingerprint density at radius 3 is 2.50 bits per heavy atom. The summed E-state index contributed by atoms with van der Waals surface area (Å²) in [5.74, 6) is 0.565. The first-order valence-electron chi connectivity index (χ1n) is 8.31. The van der Waals surface area contributed by atoms with E-state index in [9.17, 15) is 4.79 Å². The summed E-state index contributed by atoms with van der Waals surface area (Å²) in [6.07, 6.45) is 0. The summed E-state index contributed by atoms with van der Waals surface area (Å²) in [4.78, 5) is 20.5. The van der Waals surface area contributed by atoms with Gasteiger partial charge in [-0.1, -0.05) is 60.3 Å². The Hall–Kier alpha value is -3.05. The number of para-hydroxylation sites is 3. The van der Waals surface area contributed by atoms with Crippen molar-refractivity contribution >= 4 is 34.4 Å². The van der Waals surface area contributed by atoms with Crippen molar-refractivity contribution in [1.82, 2.24) is 9.97 Å². The molecule has 4 nitrogen and oxygen atoms in total. The monoisotopic (exact) mass is 359 g/mol. The Bertz CT molecular complexity index is 1010. The lowest BCUT2D eigenvalue weighted by molar-refractivity contribution is 0.102. The highest BCUT2D eigenvalue weighted by Gasteiger charge is 2.12. The van der Waals surface area contributed by atoms with Gasteiger partial charge in [-0.2, -0.15) is 0 Å². The summed E-state index contributed by atoms with van der Waals surface area (Å²) in [5, 5.41) is 3.80. The summed E-state index contributed by atoms with van der Waals surface area (Å²) >= 11 is 1.59. The van der Waals surface area contributed by atoms with Crippen LogP contribution in [0.15, 0.2) is 84.0 Å². The van der Waals surface area contributed by atoms with Crippen molar-refractivity contribution in [2.24, 2.45) is 0 Å². The number of carbonyl (C=O) groups is 1. The van der Waals surface area contributed by atoms with Crippen molar-refractivity contribution in [3.8, 4) is 0 Å². The van der Waals surface area contributed by atoms with Gasteiger partial charge in [-0.15, -0.1) is 0 Å². The molecule has 0 fully saturated rings. The molecule has 0 saturated carbocycles. The average molecular weight is 359 g/mol. The molecule has 0 saturated heterocycles. The van der Waals surface area contributed by atoms with Gasteiger partial charge in [-0.3, -0.25) is 4.79 Å². The lowest BCUT2D eigenvalue weighted by Crippen LogP contribution is -2.13. The molecule has 0 aliphatic carbocycles. The van der Waals surface area contributed by atoms with E-state index in [-0.39, 0.29) is 5.91 Å². The van der Waals surface area contributed by atoms with Gasteiger partial charge in [0.15, 0.2) is 5.16 Å². The van der Waals surface area contributed by atoms with Crippen molar-refractivity contribution in [1.29, 1.82) is 0 Å². The van der Waals surface area contributed by atoms with E-state index in [0.717, 1.165) is 27.4 Å². The number of aromatic amines is 1. The molecule has 0 radical (unpaired) electrons. The Morgan fingerprint density at radius 1 is 0.923 bits per heavy atom. The molecule has 1 aromatic heterocycles. The quantitative estimate of drug-likeness (QED) is 0.487. The molecule has 1 amide bonds. The summed E-state index contributed by atoms with van der Waals surface area (Å²) in [6, 6.07) is 25.1. The minimum absolute atomic E-state index is 0.1000. The molecule has 1 heterocycles. The number of nitrogens with one attached hydrogen (secondary N) is 2. The molecule has 2 N–H and O–H groups in total. The van der Waals surface area contributed by atoms with Gasteiger partial charge < -0.3 is 10.3 Å². The fraction of sp³-hybridized carbons (Fsp3) is 0.0476. The smallest absolute Gasteiger partial charge is 0.255 e. The van der Waals surface area contributed by atoms with E-state index in [0.29, 0.717) is 11.3 Å². The minimum atomic E-state index is -0.1000. The zero-order valence-corrected chi connectivity index (χ0v) is 14.8. The topological polar surface area (TPSA) is 57.8 Å². The maximum Gasteiger partial charge on any atom is 0.255 e. The molecule has 0 bridgehead atoms. The van der Waals surface area contributed by atoms with E-state index < -0.39 is 0 Å². The number of fused-ring (bicyclic) bond motifs is 1. The highest BCUT2D eigenvalue weighted by Crippen LogP contribution is 2.25. The highest BCUT2D eigenvalue weighted by atomic mass is 32.2. The normalized spacial score (nSPS) is 10.8. The molecule has 3 aromatic carbocycles. The predicted octanol–water partition coefficient (Wildman–Crippen LogP) is 5.11. The number of amides is 1. The summed E-state index contributed by atoms with van der Waals surface area (Å²) in [5.41, 5.74) is 4.42. The molecular formula is C21H17N3OS. The third-order valence-corrected chi connectivity index (χ3v) is 4.95. The van der Waals surface area contributed by atoms with Gasteiger partial charge in [0.2, 0.25) is 0 Å². The van der Waals surface area contributed by atoms with Crippen molar-refractivity contribution in [2.75, 3.05) is 5.32 Å². The van der Waals surface area contributed by atoms with Gasteiger partial charge in [0.05, 0.1) is 11.0 Å². The zero-order chi connectivity index (χ0) is 17.8. The first-order valence-corrected chi connectivity index (χ1v) is 9.30. The molecule has 128 valence electrons. The molecule has 0 aliphatic heterocycles. The maximum absolute atomic E-state index is 12.6. The molecule has 0 unspecified atom stereocenters. The van der Waals surface area contributed by atoms with Crippen molar-refractivity contribution in [3.05, 3.63) is 90.0 Å². The maximum atomic E-state index is 12.6. The van der Waals surface area contributed by atoms with E-state index in [1.54, 1.807) is 11.8 Å². The van der Waals surface area contributed by atoms with E-state index in [1.807, 2.05) is 78.9 Å². The van der Waals surface area contributed by atoms with E-state index in [2.05, 4.69) is 15.3 Å². The second kappa shape index (κ2) is 7.45. The average Bonchev–Trinajstić information content (AvgIpc) is 3.10. The summed E-state index contributed by atoms with van der Waals surface area (Å²) < 4.78 is 0. The molecule has 4 rings (SSSR count). The first kappa shape index (κ1) is 16.4. The molecule has 5 heteroatoms. The Labute approximate surface area is 155 Å². The van der Waals surface area contributed by atoms with Gasteiger partial charge in [-0.05, 0) is 35.9 Å². The van der Waals surface area contributed by atoms with Crippen LogP contribution in [0.25, 0.3) is 11.0 Å². The number of thioether (sulfide) groups is 1. The lowest BCUT2D eigenvalue weighted by atomic mass is 10.1. The molecule has 0 aliphatic rings. The Kier molecular flexibility index (Phi) is 4.71. The molecule has 0 atom stereocenters. The SMILES string of the molecule is O=C(Nc1ccccc1)c1ccccc1CSc1nc2ccccc2[nH]1. The fourth-order valence-corrected chi connectivity index (χ4v) is 3.62. The van der Waals surface area contributed by atoms with Gasteiger partial charge in [-0.25, -0.2) is 4.98 Å². The standard InChI is InChI=1S/C21H17N3OS/c25-20(22-16-9-2-1-3-10-16)17-11-5-4-8-15(17)14-26-21-23-18-12-6-7-13-19(18)24-21/h1-13H,14H2,(H,22,25)(H,23,24). The van der Waals surface area contributed by atoms with E-state index in [1.165, 1.54) is 0 Å². The van der Waals surface area contributed by atoms with E-state index in [4.69, 9.17) is 0 Å². The molecule has 0 spiro atoms. The Morgan fingerprint density at radius 2 is 1.65 bits per heavy atom.